The van der Waals surface area contributed by atoms with Gasteiger partial charge in [-0.1, -0.05) is 38.1 Å². The van der Waals surface area contributed by atoms with Crippen molar-refractivity contribution in [3.63, 3.8) is 0 Å². The van der Waals surface area contributed by atoms with E-state index in [0.29, 0.717) is 5.56 Å². The van der Waals surface area contributed by atoms with Crippen molar-refractivity contribution < 1.29 is 13.9 Å². The van der Waals surface area contributed by atoms with Gasteiger partial charge in [0.2, 0.25) is 0 Å². The third kappa shape index (κ3) is 3.67. The van der Waals surface area contributed by atoms with Crippen LogP contribution in [0.15, 0.2) is 36.4 Å². The highest BCUT2D eigenvalue weighted by Gasteiger charge is 2.15. The Kier molecular flexibility index (Phi) is 5.07. The fourth-order valence-electron chi connectivity index (χ4n) is 2.50. The van der Waals surface area contributed by atoms with Crippen molar-refractivity contribution in [2.45, 2.75) is 39.2 Å². The lowest BCUT2D eigenvalue weighted by Crippen LogP contribution is -2.07. The molecule has 2 aromatic carbocycles. The molecule has 0 bridgehead atoms. The minimum atomic E-state index is -0.786. The number of hydrogen-bond donors (Lipinski definition) is 1. The lowest BCUT2D eigenvalue weighted by Gasteiger charge is -2.17. The van der Waals surface area contributed by atoms with Crippen molar-refractivity contribution in [3.8, 4) is 0 Å². The van der Waals surface area contributed by atoms with Gasteiger partial charge < -0.3 is 5.11 Å². The van der Waals surface area contributed by atoms with Gasteiger partial charge >= 0.3 is 0 Å². The van der Waals surface area contributed by atoms with Crippen LogP contribution in [-0.2, 0) is 19.3 Å². The van der Waals surface area contributed by atoms with Crippen LogP contribution < -0.4 is 0 Å². The maximum absolute atomic E-state index is 13.7. The molecule has 1 atom stereocenters. The zero-order valence-corrected chi connectivity index (χ0v) is 12.4. The van der Waals surface area contributed by atoms with Crippen LogP contribution in [0.4, 0.5) is 8.78 Å². The zero-order valence-electron chi connectivity index (χ0n) is 12.4. The maximum Gasteiger partial charge on any atom is 0.129 e. The first-order valence-electron chi connectivity index (χ1n) is 7.28. The molecule has 112 valence electrons. The van der Waals surface area contributed by atoms with Crippen LogP contribution in [0.1, 0.15) is 42.2 Å². The molecule has 0 saturated carbocycles. The Morgan fingerprint density at radius 2 is 1.67 bits per heavy atom. The molecule has 2 rings (SSSR count). The molecule has 0 amide bonds. The topological polar surface area (TPSA) is 20.2 Å². The van der Waals surface area contributed by atoms with Crippen molar-refractivity contribution in [1.82, 2.24) is 0 Å². The largest absolute Gasteiger partial charge is 0.388 e. The molecular weight excluding hydrogens is 270 g/mol. The number of aliphatic hydroxyl groups excluding tert-OH is 1. The number of rotatable bonds is 5. The van der Waals surface area contributed by atoms with E-state index in [1.54, 1.807) is 0 Å². The van der Waals surface area contributed by atoms with Gasteiger partial charge in [-0.2, -0.15) is 0 Å². The Hall–Kier alpha value is -1.74. The molecule has 0 aliphatic carbocycles. The number of halogens is 2. The van der Waals surface area contributed by atoms with Crippen LogP contribution in [0.25, 0.3) is 0 Å². The van der Waals surface area contributed by atoms with Crippen molar-refractivity contribution in [3.05, 3.63) is 70.3 Å². The van der Waals surface area contributed by atoms with Crippen molar-refractivity contribution in [2.24, 2.45) is 0 Å². The van der Waals surface area contributed by atoms with E-state index in [1.807, 2.05) is 25.1 Å². The summed E-state index contributed by atoms with van der Waals surface area (Å²) in [5, 5.41) is 10.4. The molecule has 1 N–H and O–H groups in total. The molecular formula is C18H20F2O. The molecule has 0 radical (unpaired) electrons. The van der Waals surface area contributed by atoms with Gasteiger partial charge in [-0.3, -0.25) is 0 Å². The average Bonchev–Trinajstić information content (AvgIpc) is 2.49. The first-order chi connectivity index (χ1) is 10.0. The summed E-state index contributed by atoms with van der Waals surface area (Å²) in [7, 11) is 0. The Morgan fingerprint density at radius 3 is 2.29 bits per heavy atom. The molecule has 2 aromatic rings. The highest BCUT2D eigenvalue weighted by atomic mass is 19.1. The Labute approximate surface area is 124 Å². The zero-order chi connectivity index (χ0) is 15.4. The summed E-state index contributed by atoms with van der Waals surface area (Å²) in [4.78, 5) is 0. The van der Waals surface area contributed by atoms with E-state index >= 15 is 0 Å². The quantitative estimate of drug-likeness (QED) is 0.867. The van der Waals surface area contributed by atoms with E-state index in [0.717, 1.165) is 35.6 Å². The second kappa shape index (κ2) is 6.81. The van der Waals surface area contributed by atoms with Gasteiger partial charge in [-0.15, -0.1) is 0 Å². The summed E-state index contributed by atoms with van der Waals surface area (Å²) in [5.41, 5.74) is 3.36. The molecule has 0 aromatic heterocycles. The normalized spacial score (nSPS) is 12.4. The molecule has 0 spiro atoms. The maximum atomic E-state index is 13.7. The minimum Gasteiger partial charge on any atom is -0.388 e. The predicted octanol–water partition coefficient (Wildman–Crippen LogP) is 4.37. The van der Waals surface area contributed by atoms with Gasteiger partial charge in [0, 0.05) is 12.5 Å². The van der Waals surface area contributed by atoms with Gasteiger partial charge in [0.25, 0.3) is 0 Å². The van der Waals surface area contributed by atoms with Crippen LogP contribution >= 0.6 is 0 Å². The average molecular weight is 290 g/mol. The van der Waals surface area contributed by atoms with Gasteiger partial charge in [-0.05, 0) is 41.2 Å². The van der Waals surface area contributed by atoms with Crippen LogP contribution in [0, 0.1) is 11.6 Å². The monoisotopic (exact) mass is 290 g/mol. The Morgan fingerprint density at radius 1 is 0.952 bits per heavy atom. The summed E-state index contributed by atoms with van der Waals surface area (Å²) in [6.45, 7) is 4.08. The van der Waals surface area contributed by atoms with E-state index in [2.05, 4.69) is 6.92 Å². The summed E-state index contributed by atoms with van der Waals surface area (Å²) in [6.07, 6.45) is 1.05. The number of hydrogen-bond acceptors (Lipinski definition) is 1. The second-order valence-corrected chi connectivity index (χ2v) is 5.20. The van der Waals surface area contributed by atoms with Crippen molar-refractivity contribution >= 4 is 0 Å². The van der Waals surface area contributed by atoms with E-state index in [-0.39, 0.29) is 6.42 Å². The van der Waals surface area contributed by atoms with E-state index < -0.39 is 17.7 Å². The fourth-order valence-corrected chi connectivity index (χ4v) is 2.50. The first kappa shape index (κ1) is 15.6. The second-order valence-electron chi connectivity index (χ2n) is 5.20. The van der Waals surface area contributed by atoms with Crippen LogP contribution in [0.5, 0.6) is 0 Å². The SMILES string of the molecule is CCc1ccc(CC)c(C(O)Cc2ccc(F)cc2F)c1. The molecule has 0 aliphatic rings. The highest BCUT2D eigenvalue weighted by Crippen LogP contribution is 2.25. The first-order valence-corrected chi connectivity index (χ1v) is 7.28. The van der Waals surface area contributed by atoms with Gasteiger partial charge in [0.1, 0.15) is 11.6 Å². The lowest BCUT2D eigenvalue weighted by molar-refractivity contribution is 0.176. The highest BCUT2D eigenvalue weighted by molar-refractivity contribution is 5.35. The van der Waals surface area contributed by atoms with Crippen LogP contribution in [0.2, 0.25) is 0 Å². The van der Waals surface area contributed by atoms with Crippen LogP contribution in [0.3, 0.4) is 0 Å². The number of benzene rings is 2. The van der Waals surface area contributed by atoms with Crippen molar-refractivity contribution in [2.75, 3.05) is 0 Å². The Bertz CT molecular complexity index is 623. The molecule has 1 nitrogen and oxygen atoms in total. The smallest absolute Gasteiger partial charge is 0.129 e. The van der Waals surface area contributed by atoms with Gasteiger partial charge in [0.15, 0.2) is 0 Å². The van der Waals surface area contributed by atoms with E-state index in [4.69, 9.17) is 0 Å². The third-order valence-corrected chi connectivity index (χ3v) is 3.79. The summed E-state index contributed by atoms with van der Waals surface area (Å²) < 4.78 is 26.6. The third-order valence-electron chi connectivity index (χ3n) is 3.79. The summed E-state index contributed by atoms with van der Waals surface area (Å²) in [5.74, 6) is -1.22. The molecule has 0 saturated heterocycles. The number of aryl methyl sites for hydroxylation is 2. The van der Waals surface area contributed by atoms with E-state index in [9.17, 15) is 13.9 Å². The van der Waals surface area contributed by atoms with Crippen LogP contribution in [-0.4, -0.2) is 5.11 Å². The lowest BCUT2D eigenvalue weighted by atomic mass is 9.93. The summed E-state index contributed by atoms with van der Waals surface area (Å²) in [6, 6.07) is 9.50. The molecule has 0 fully saturated rings. The van der Waals surface area contributed by atoms with Gasteiger partial charge in [-0.25, -0.2) is 8.78 Å². The number of aliphatic hydroxyl groups is 1. The molecule has 0 aliphatic heterocycles. The predicted molar refractivity (Wildman–Crippen MR) is 80.2 cm³/mol. The summed E-state index contributed by atoms with van der Waals surface area (Å²) >= 11 is 0. The van der Waals surface area contributed by atoms with E-state index in [1.165, 1.54) is 12.1 Å². The molecule has 0 heterocycles. The molecule has 21 heavy (non-hydrogen) atoms. The van der Waals surface area contributed by atoms with Gasteiger partial charge in [0.05, 0.1) is 6.10 Å². The fraction of sp³-hybridized carbons (Fsp3) is 0.333. The Balaban J connectivity index is 2.28. The van der Waals surface area contributed by atoms with Crippen molar-refractivity contribution in [1.29, 1.82) is 0 Å². The molecule has 1 unspecified atom stereocenters. The minimum absolute atomic E-state index is 0.145. The standard InChI is InChI=1S/C18H20F2O/c1-3-12-5-6-13(4-2)16(9-12)18(21)10-14-7-8-15(19)11-17(14)20/h5-9,11,18,21H,3-4,10H2,1-2H3. The molecule has 3 heteroatoms.